The van der Waals surface area contributed by atoms with Gasteiger partial charge >= 0.3 is 6.09 Å². The van der Waals surface area contributed by atoms with Crippen LogP contribution in [0.1, 0.15) is 38.5 Å². The van der Waals surface area contributed by atoms with Crippen molar-refractivity contribution >= 4 is 17.9 Å². The number of carbonyl (C=O) groups excluding carboxylic acids is 3. The van der Waals surface area contributed by atoms with Crippen LogP contribution in [-0.4, -0.2) is 29.4 Å². The highest BCUT2D eigenvalue weighted by Gasteiger charge is 2.49. The Morgan fingerprint density at radius 1 is 1.10 bits per heavy atom. The van der Waals surface area contributed by atoms with Crippen molar-refractivity contribution < 1.29 is 19.1 Å². The maximum absolute atomic E-state index is 11.8. The van der Waals surface area contributed by atoms with Gasteiger partial charge in [0, 0.05) is 25.7 Å². The lowest BCUT2D eigenvalue weighted by Crippen LogP contribution is -2.36. The van der Waals surface area contributed by atoms with Gasteiger partial charge in [-0.1, -0.05) is 0 Å². The summed E-state index contributed by atoms with van der Waals surface area (Å²) in [5, 5.41) is 0. The monoisotopic (exact) mass is 275 g/mol. The van der Waals surface area contributed by atoms with Gasteiger partial charge in [0.1, 0.15) is 0 Å². The first kappa shape index (κ1) is 13.2. The Bertz CT molecular complexity index is 482. The molecule has 2 fully saturated rings. The molecular weight excluding hydrogens is 258 g/mol. The third kappa shape index (κ3) is 2.43. The molecule has 5 heteroatoms. The van der Waals surface area contributed by atoms with Gasteiger partial charge in [-0.05, 0) is 30.6 Å². The van der Waals surface area contributed by atoms with Crippen LogP contribution in [0.3, 0.4) is 0 Å². The molecule has 0 radical (unpaired) electrons. The first-order chi connectivity index (χ1) is 9.68. The highest BCUT2D eigenvalue weighted by Crippen LogP contribution is 2.52. The zero-order valence-corrected chi connectivity index (χ0v) is 11.3. The summed E-state index contributed by atoms with van der Waals surface area (Å²) in [6.45, 7) is 0.311. The zero-order chi connectivity index (χ0) is 14.1. The number of nitrogens with zero attached hydrogens (tertiary/aromatic N) is 1. The van der Waals surface area contributed by atoms with Gasteiger partial charge in [0.25, 0.3) is 0 Å². The van der Waals surface area contributed by atoms with Crippen molar-refractivity contribution in [3.8, 4) is 11.8 Å². The second-order valence-electron chi connectivity index (χ2n) is 5.62. The smallest absolute Gasteiger partial charge is 0.423 e. The van der Waals surface area contributed by atoms with E-state index in [0.29, 0.717) is 29.3 Å². The van der Waals surface area contributed by atoms with Crippen LogP contribution in [0.15, 0.2) is 0 Å². The maximum atomic E-state index is 11.8. The highest BCUT2D eigenvalue weighted by atomic mass is 16.6. The number of rotatable bonds is 2. The van der Waals surface area contributed by atoms with Crippen molar-refractivity contribution in [2.45, 2.75) is 38.5 Å². The Morgan fingerprint density at radius 2 is 1.65 bits per heavy atom. The summed E-state index contributed by atoms with van der Waals surface area (Å²) in [5.74, 6) is 6.90. The first-order valence-corrected chi connectivity index (χ1v) is 7.16. The Kier molecular flexibility index (Phi) is 3.47. The number of imide groups is 3. The summed E-state index contributed by atoms with van der Waals surface area (Å²) >= 11 is 0. The minimum atomic E-state index is -0.798. The highest BCUT2D eigenvalue weighted by molar-refractivity contribution is 6.13. The molecule has 3 rings (SSSR count). The Balaban J connectivity index is 1.50. The molecule has 0 aromatic rings. The third-order valence-electron chi connectivity index (χ3n) is 4.47. The molecule has 106 valence electrons. The van der Waals surface area contributed by atoms with E-state index in [1.165, 1.54) is 0 Å². The fourth-order valence-electron chi connectivity index (χ4n) is 3.29. The molecule has 1 heterocycles. The van der Waals surface area contributed by atoms with Gasteiger partial charge in [0.15, 0.2) is 0 Å². The van der Waals surface area contributed by atoms with E-state index in [9.17, 15) is 14.4 Å². The quantitative estimate of drug-likeness (QED) is 0.568. The van der Waals surface area contributed by atoms with Gasteiger partial charge in [-0.2, -0.15) is 4.90 Å². The summed E-state index contributed by atoms with van der Waals surface area (Å²) in [6.07, 6.45) is 3.36. The molecule has 2 aliphatic carbocycles. The zero-order valence-electron chi connectivity index (χ0n) is 11.3. The molecule has 0 aromatic carbocycles. The van der Waals surface area contributed by atoms with Gasteiger partial charge in [0.2, 0.25) is 11.8 Å². The van der Waals surface area contributed by atoms with Crippen LogP contribution in [0, 0.1) is 29.6 Å². The van der Waals surface area contributed by atoms with E-state index in [4.69, 9.17) is 4.74 Å². The van der Waals surface area contributed by atoms with Gasteiger partial charge < -0.3 is 4.74 Å². The summed E-state index contributed by atoms with van der Waals surface area (Å²) in [4.78, 5) is 35.3. The lowest BCUT2D eigenvalue weighted by molar-refractivity contribution is -0.136. The van der Waals surface area contributed by atoms with Crippen LogP contribution in [0.25, 0.3) is 0 Å². The average Bonchev–Trinajstić information content (AvgIpc) is 2.91. The number of likely N-dealkylation sites (tertiary alicyclic amines) is 1. The number of ether oxygens (including phenoxy) is 1. The van der Waals surface area contributed by atoms with Crippen LogP contribution >= 0.6 is 0 Å². The van der Waals surface area contributed by atoms with E-state index < -0.39 is 17.9 Å². The van der Waals surface area contributed by atoms with E-state index in [2.05, 4.69) is 11.8 Å². The number of fused-ring (bicyclic) bond motifs is 1. The van der Waals surface area contributed by atoms with E-state index >= 15 is 0 Å². The number of hydrogen-bond acceptors (Lipinski definition) is 4. The van der Waals surface area contributed by atoms with Crippen molar-refractivity contribution in [3.05, 3.63) is 0 Å². The molecule has 3 amide bonds. The summed E-state index contributed by atoms with van der Waals surface area (Å²) in [7, 11) is 0. The van der Waals surface area contributed by atoms with Gasteiger partial charge in [-0.15, -0.1) is 11.8 Å². The molecule has 1 aliphatic heterocycles. The largest absolute Gasteiger partial charge is 0.448 e. The predicted molar refractivity (Wildman–Crippen MR) is 69.1 cm³/mol. The second-order valence-corrected chi connectivity index (χ2v) is 5.62. The molecule has 1 saturated heterocycles. The van der Waals surface area contributed by atoms with Gasteiger partial charge in [-0.3, -0.25) is 9.59 Å². The van der Waals surface area contributed by atoms with E-state index in [1.807, 2.05) is 0 Å². The average molecular weight is 275 g/mol. The van der Waals surface area contributed by atoms with Crippen molar-refractivity contribution in [3.63, 3.8) is 0 Å². The Hall–Kier alpha value is -1.83. The first-order valence-electron chi connectivity index (χ1n) is 7.16. The van der Waals surface area contributed by atoms with Crippen LogP contribution in [0.2, 0.25) is 0 Å². The Morgan fingerprint density at radius 3 is 2.20 bits per heavy atom. The topological polar surface area (TPSA) is 63.7 Å². The van der Waals surface area contributed by atoms with Crippen LogP contribution in [-0.2, 0) is 14.3 Å². The molecule has 0 spiro atoms. The molecule has 1 unspecified atom stereocenters. The molecule has 0 bridgehead atoms. The molecular formula is C15H17NO4. The predicted octanol–water partition coefficient (Wildman–Crippen LogP) is 1.71. The number of amides is 3. The van der Waals surface area contributed by atoms with Crippen molar-refractivity contribution in [1.82, 2.24) is 4.90 Å². The van der Waals surface area contributed by atoms with Crippen LogP contribution in [0.4, 0.5) is 4.79 Å². The number of hydrogen-bond donors (Lipinski definition) is 0. The van der Waals surface area contributed by atoms with E-state index in [0.717, 1.165) is 25.7 Å². The van der Waals surface area contributed by atoms with Crippen molar-refractivity contribution in [1.29, 1.82) is 0 Å². The molecule has 1 saturated carbocycles. The number of carbonyl (C=O) groups is 3. The third-order valence-corrected chi connectivity index (χ3v) is 4.47. The van der Waals surface area contributed by atoms with Gasteiger partial charge in [-0.25, -0.2) is 4.79 Å². The summed E-state index contributed by atoms with van der Waals surface area (Å²) in [5.41, 5.74) is 0. The van der Waals surface area contributed by atoms with Crippen LogP contribution in [0.5, 0.6) is 0 Å². The van der Waals surface area contributed by atoms with E-state index in [1.54, 1.807) is 0 Å². The van der Waals surface area contributed by atoms with Crippen molar-refractivity contribution in [2.75, 3.05) is 6.61 Å². The normalized spacial score (nSPS) is 31.8. The minimum Gasteiger partial charge on any atom is -0.448 e. The fraction of sp³-hybridized carbons (Fsp3) is 0.667. The maximum Gasteiger partial charge on any atom is 0.423 e. The van der Waals surface area contributed by atoms with Crippen LogP contribution < -0.4 is 0 Å². The molecule has 0 aromatic heterocycles. The van der Waals surface area contributed by atoms with E-state index in [-0.39, 0.29) is 12.8 Å². The van der Waals surface area contributed by atoms with Gasteiger partial charge in [0.05, 0.1) is 6.61 Å². The molecule has 20 heavy (non-hydrogen) atoms. The lowest BCUT2D eigenvalue weighted by atomic mass is 10.1. The van der Waals surface area contributed by atoms with Crippen molar-refractivity contribution in [2.24, 2.45) is 17.8 Å². The Labute approximate surface area is 117 Å². The summed E-state index contributed by atoms with van der Waals surface area (Å²) < 4.78 is 5.17. The molecule has 0 N–H and O–H groups in total. The minimum absolute atomic E-state index is 0.111. The summed E-state index contributed by atoms with van der Waals surface area (Å²) in [6, 6.07) is 0. The standard InChI is InChI=1S/C15H17NO4/c17-13-7-8-14(18)16(13)15(19)20-9-12-10-5-3-1-2-4-6-11(10)12/h10-12H,3-9H2/t10-,11+,12?. The molecule has 5 nitrogen and oxygen atoms in total. The molecule has 3 atom stereocenters. The second kappa shape index (κ2) is 5.28. The lowest BCUT2D eigenvalue weighted by Gasteiger charge is -2.12. The SMILES string of the molecule is O=C1CCC(=O)N1C(=O)OCC1[C@H]2CCC#CCC[C@@H]12. The fourth-order valence-corrected chi connectivity index (χ4v) is 3.29. The molecule has 3 aliphatic rings.